The van der Waals surface area contributed by atoms with E-state index >= 15 is 0 Å². The van der Waals surface area contributed by atoms with E-state index in [0.717, 1.165) is 0 Å². The van der Waals surface area contributed by atoms with Gasteiger partial charge in [-0.1, -0.05) is 17.3 Å². The highest BCUT2D eigenvalue weighted by molar-refractivity contribution is 7.89. The molecule has 0 unspecified atom stereocenters. The van der Waals surface area contributed by atoms with Gasteiger partial charge in [-0.05, 0) is 31.2 Å². The summed E-state index contributed by atoms with van der Waals surface area (Å²) < 4.78 is 37.1. The monoisotopic (exact) mass is 373 g/mol. The lowest BCUT2D eigenvalue weighted by Gasteiger charge is -2.35. The average molecular weight is 373 g/mol. The van der Waals surface area contributed by atoms with Crippen molar-refractivity contribution in [3.05, 3.63) is 54.1 Å². The lowest BCUT2D eigenvalue weighted by molar-refractivity contribution is 0.101. The number of Topliss-reactive ketones (excluding diaryl/α,β-unsaturated/α-hetero) is 1. The highest BCUT2D eigenvalue weighted by Crippen LogP contribution is 2.32. The summed E-state index contributed by atoms with van der Waals surface area (Å²) >= 11 is 0. The fraction of sp³-hybridized carbons (Fsp3) is 0.235. The van der Waals surface area contributed by atoms with Crippen LogP contribution in [0.1, 0.15) is 29.1 Å². The van der Waals surface area contributed by atoms with Crippen LogP contribution in [0.25, 0.3) is 11.6 Å². The molecule has 3 aromatic rings. The molecule has 1 aliphatic rings. The van der Waals surface area contributed by atoms with E-state index in [1.807, 2.05) is 0 Å². The van der Waals surface area contributed by atoms with E-state index in [4.69, 9.17) is 8.94 Å². The number of rotatable bonds is 5. The zero-order valence-electron chi connectivity index (χ0n) is 13.8. The second-order valence-electron chi connectivity index (χ2n) is 6.04. The summed E-state index contributed by atoms with van der Waals surface area (Å²) in [5.74, 6) is 0.850. The third kappa shape index (κ3) is 2.85. The lowest BCUT2D eigenvalue weighted by atomic mass is 10.0. The second kappa shape index (κ2) is 6.19. The molecule has 0 atom stereocenters. The molecule has 26 heavy (non-hydrogen) atoms. The van der Waals surface area contributed by atoms with Gasteiger partial charge in [-0.25, -0.2) is 8.42 Å². The van der Waals surface area contributed by atoms with Gasteiger partial charge in [0.25, 0.3) is 0 Å². The zero-order valence-corrected chi connectivity index (χ0v) is 14.6. The molecule has 1 saturated heterocycles. The first kappa shape index (κ1) is 16.7. The lowest BCUT2D eigenvalue weighted by Crippen LogP contribution is -2.48. The fourth-order valence-corrected chi connectivity index (χ4v) is 4.30. The summed E-state index contributed by atoms with van der Waals surface area (Å²) in [6.07, 6.45) is 1.51. The fourth-order valence-electron chi connectivity index (χ4n) is 2.72. The molecular weight excluding hydrogens is 358 g/mol. The maximum absolute atomic E-state index is 12.7. The molecule has 9 heteroatoms. The van der Waals surface area contributed by atoms with Crippen molar-refractivity contribution in [2.75, 3.05) is 13.1 Å². The quantitative estimate of drug-likeness (QED) is 0.632. The number of ketones is 1. The Balaban J connectivity index is 1.49. The number of carbonyl (C=O) groups excluding carboxylic acids is 1. The average Bonchev–Trinajstić information content (AvgIpc) is 3.24. The predicted molar refractivity (Wildman–Crippen MR) is 89.9 cm³/mol. The summed E-state index contributed by atoms with van der Waals surface area (Å²) in [5.41, 5.74) is 0.364. The Hall–Kier alpha value is -2.78. The Labute approximate surface area is 149 Å². The molecule has 0 N–H and O–H groups in total. The van der Waals surface area contributed by atoms with Crippen molar-refractivity contribution in [3.63, 3.8) is 0 Å². The summed E-state index contributed by atoms with van der Waals surface area (Å²) in [4.78, 5) is 15.8. The van der Waals surface area contributed by atoms with E-state index in [9.17, 15) is 13.2 Å². The Morgan fingerprint density at radius 1 is 1.23 bits per heavy atom. The molecule has 1 fully saturated rings. The van der Waals surface area contributed by atoms with Crippen LogP contribution in [0.2, 0.25) is 0 Å². The van der Waals surface area contributed by atoms with Gasteiger partial charge in [0.2, 0.25) is 21.7 Å². The molecule has 2 aromatic heterocycles. The smallest absolute Gasteiger partial charge is 0.243 e. The molecule has 0 spiro atoms. The summed E-state index contributed by atoms with van der Waals surface area (Å²) in [6.45, 7) is 1.89. The van der Waals surface area contributed by atoms with Crippen LogP contribution >= 0.6 is 0 Å². The van der Waals surface area contributed by atoms with Gasteiger partial charge in [-0.2, -0.15) is 9.29 Å². The number of carbonyl (C=O) groups is 1. The van der Waals surface area contributed by atoms with Gasteiger partial charge in [0.05, 0.1) is 17.1 Å². The molecule has 3 heterocycles. The Bertz CT molecular complexity index is 1050. The highest BCUT2D eigenvalue weighted by Gasteiger charge is 2.40. The van der Waals surface area contributed by atoms with Crippen LogP contribution < -0.4 is 0 Å². The molecule has 4 rings (SSSR count). The van der Waals surface area contributed by atoms with Crippen molar-refractivity contribution < 1.29 is 22.2 Å². The van der Waals surface area contributed by atoms with Crippen molar-refractivity contribution in [1.29, 1.82) is 0 Å². The predicted octanol–water partition coefficient (Wildman–Crippen LogP) is 2.32. The molecule has 0 radical (unpaired) electrons. The molecule has 0 aliphatic carbocycles. The Kier molecular flexibility index (Phi) is 3.97. The van der Waals surface area contributed by atoms with Crippen molar-refractivity contribution in [3.8, 4) is 11.6 Å². The van der Waals surface area contributed by atoms with Crippen molar-refractivity contribution in [2.45, 2.75) is 17.7 Å². The van der Waals surface area contributed by atoms with E-state index in [1.165, 1.54) is 29.6 Å². The first-order valence-corrected chi connectivity index (χ1v) is 9.38. The van der Waals surface area contributed by atoms with Gasteiger partial charge in [-0.3, -0.25) is 4.79 Å². The third-order valence-corrected chi connectivity index (χ3v) is 6.09. The number of sulfonamides is 1. The maximum Gasteiger partial charge on any atom is 0.243 e. The van der Waals surface area contributed by atoms with Gasteiger partial charge in [0.15, 0.2) is 11.5 Å². The number of furan rings is 1. The molecular formula is C17H15N3O5S. The van der Waals surface area contributed by atoms with Crippen LogP contribution in [0.5, 0.6) is 0 Å². The summed E-state index contributed by atoms with van der Waals surface area (Å²) in [6, 6.07) is 9.47. The van der Waals surface area contributed by atoms with Gasteiger partial charge in [0.1, 0.15) is 0 Å². The first-order valence-electron chi connectivity index (χ1n) is 7.94. The number of hydrogen-bond donors (Lipinski definition) is 0. The molecule has 134 valence electrons. The summed E-state index contributed by atoms with van der Waals surface area (Å²) in [7, 11) is -3.66. The number of nitrogens with zero attached hydrogens (tertiary/aromatic N) is 3. The minimum Gasteiger partial charge on any atom is -0.461 e. The molecule has 0 amide bonds. The maximum atomic E-state index is 12.7. The Morgan fingerprint density at radius 3 is 2.73 bits per heavy atom. The van der Waals surface area contributed by atoms with Crippen LogP contribution in [0.15, 0.2) is 56.5 Å². The number of aromatic nitrogens is 2. The van der Waals surface area contributed by atoms with Crippen molar-refractivity contribution in [2.24, 2.45) is 0 Å². The van der Waals surface area contributed by atoms with Gasteiger partial charge >= 0.3 is 0 Å². The Morgan fingerprint density at radius 2 is 2.04 bits per heavy atom. The van der Waals surface area contributed by atoms with Crippen LogP contribution in [-0.4, -0.2) is 41.7 Å². The zero-order chi connectivity index (χ0) is 18.3. The molecule has 8 nitrogen and oxygen atoms in total. The van der Waals surface area contributed by atoms with E-state index in [0.29, 0.717) is 23.0 Å². The number of hydrogen-bond acceptors (Lipinski definition) is 7. The van der Waals surface area contributed by atoms with E-state index in [1.54, 1.807) is 24.3 Å². The van der Waals surface area contributed by atoms with Crippen molar-refractivity contribution in [1.82, 2.24) is 14.4 Å². The van der Waals surface area contributed by atoms with E-state index in [-0.39, 0.29) is 29.7 Å². The van der Waals surface area contributed by atoms with Gasteiger partial charge < -0.3 is 8.94 Å². The second-order valence-corrected chi connectivity index (χ2v) is 7.97. The third-order valence-electron chi connectivity index (χ3n) is 4.26. The summed E-state index contributed by atoms with van der Waals surface area (Å²) in [5, 5.41) is 3.85. The molecule has 1 aliphatic heterocycles. The van der Waals surface area contributed by atoms with Crippen molar-refractivity contribution >= 4 is 15.8 Å². The van der Waals surface area contributed by atoms with E-state index < -0.39 is 10.0 Å². The molecule has 0 saturated carbocycles. The topological polar surface area (TPSA) is 107 Å². The standard InChI is InChI=1S/C17H15N3O5S/c1-11(21)12-4-2-5-14(8-12)26(22,23)20-9-13(10-20)17-18-16(19-25-17)15-6-3-7-24-15/h2-8,13H,9-10H2,1H3. The minimum atomic E-state index is -3.66. The van der Waals surface area contributed by atoms with Crippen LogP contribution in [0.3, 0.4) is 0 Å². The SMILES string of the molecule is CC(=O)c1cccc(S(=O)(=O)N2CC(c3nc(-c4ccco4)no3)C2)c1. The normalized spacial score (nSPS) is 15.7. The van der Waals surface area contributed by atoms with Gasteiger partial charge in [0, 0.05) is 18.7 Å². The van der Waals surface area contributed by atoms with Gasteiger partial charge in [-0.15, -0.1) is 0 Å². The minimum absolute atomic E-state index is 0.102. The molecule has 0 bridgehead atoms. The largest absolute Gasteiger partial charge is 0.461 e. The first-order chi connectivity index (χ1) is 12.4. The van der Waals surface area contributed by atoms with Crippen LogP contribution in [-0.2, 0) is 10.0 Å². The number of benzene rings is 1. The van der Waals surface area contributed by atoms with Crippen LogP contribution in [0.4, 0.5) is 0 Å². The highest BCUT2D eigenvalue weighted by atomic mass is 32.2. The van der Waals surface area contributed by atoms with Crippen LogP contribution in [0, 0.1) is 0 Å². The van der Waals surface area contributed by atoms with E-state index in [2.05, 4.69) is 10.1 Å². The molecule has 1 aromatic carbocycles.